The molecular weight excluding hydrogens is 320 g/mol. The van der Waals surface area contributed by atoms with Crippen LogP contribution >= 0.6 is 0 Å². The zero-order valence-electron chi connectivity index (χ0n) is 13.5. The summed E-state index contributed by atoms with van der Waals surface area (Å²) in [5.74, 6) is -1.98. The normalized spacial score (nSPS) is 10.4. The number of carboxylic acid groups (broad SMARTS) is 1. The van der Waals surface area contributed by atoms with Crippen LogP contribution in [0, 0.1) is 6.92 Å². The third-order valence-electron chi connectivity index (χ3n) is 3.74. The van der Waals surface area contributed by atoms with Gasteiger partial charge in [-0.05, 0) is 24.6 Å². The number of benzene rings is 2. The highest BCUT2D eigenvalue weighted by Crippen LogP contribution is 2.20. The lowest BCUT2D eigenvalue weighted by Gasteiger charge is -2.06. The van der Waals surface area contributed by atoms with Crippen LogP contribution in [-0.2, 0) is 11.3 Å². The van der Waals surface area contributed by atoms with Crippen molar-refractivity contribution in [3.63, 3.8) is 0 Å². The smallest absolute Gasteiger partial charge is 0.357 e. The molecule has 3 rings (SSSR count). The highest BCUT2D eigenvalue weighted by atomic mass is 16.5. The molecule has 0 saturated heterocycles. The van der Waals surface area contributed by atoms with Gasteiger partial charge >= 0.3 is 11.9 Å². The average molecular weight is 336 g/mol. The Labute approximate surface area is 144 Å². The van der Waals surface area contributed by atoms with Crippen LogP contribution in [0.4, 0.5) is 0 Å². The van der Waals surface area contributed by atoms with Gasteiger partial charge in [0.15, 0.2) is 5.69 Å². The van der Waals surface area contributed by atoms with Crippen molar-refractivity contribution in [2.75, 3.05) is 0 Å². The molecule has 0 amide bonds. The monoisotopic (exact) mass is 336 g/mol. The summed E-state index contributed by atoms with van der Waals surface area (Å²) >= 11 is 0. The lowest BCUT2D eigenvalue weighted by Crippen LogP contribution is -2.11. The predicted octanol–water partition coefficient (Wildman–Crippen LogP) is 3.24. The number of aromatic nitrogens is 2. The van der Waals surface area contributed by atoms with Gasteiger partial charge in [-0.25, -0.2) is 14.3 Å². The van der Waals surface area contributed by atoms with Gasteiger partial charge in [0, 0.05) is 0 Å². The van der Waals surface area contributed by atoms with E-state index in [0.717, 1.165) is 5.56 Å². The molecule has 1 aromatic heterocycles. The van der Waals surface area contributed by atoms with Gasteiger partial charge in [-0.2, -0.15) is 5.10 Å². The van der Waals surface area contributed by atoms with Crippen molar-refractivity contribution in [1.29, 1.82) is 0 Å². The summed E-state index contributed by atoms with van der Waals surface area (Å²) < 4.78 is 6.71. The Morgan fingerprint density at radius 2 is 1.64 bits per heavy atom. The molecule has 0 aliphatic heterocycles. The van der Waals surface area contributed by atoms with E-state index in [4.69, 9.17) is 4.74 Å². The second-order valence-electron chi connectivity index (χ2n) is 5.42. The van der Waals surface area contributed by atoms with E-state index in [2.05, 4.69) is 5.10 Å². The molecule has 0 aliphatic rings. The van der Waals surface area contributed by atoms with Gasteiger partial charge in [0.25, 0.3) is 0 Å². The molecule has 0 atom stereocenters. The molecule has 6 nitrogen and oxygen atoms in total. The van der Waals surface area contributed by atoms with Crippen molar-refractivity contribution in [2.45, 2.75) is 13.5 Å². The van der Waals surface area contributed by atoms with E-state index in [-0.39, 0.29) is 17.9 Å². The van der Waals surface area contributed by atoms with Crippen molar-refractivity contribution in [3.05, 3.63) is 83.2 Å². The van der Waals surface area contributed by atoms with Crippen molar-refractivity contribution in [3.8, 4) is 5.69 Å². The number of carboxylic acids is 1. The van der Waals surface area contributed by atoms with Crippen LogP contribution in [0.2, 0.25) is 0 Å². The number of aromatic carboxylic acids is 1. The Kier molecular flexibility index (Phi) is 4.61. The minimum atomic E-state index is -1.27. The molecule has 1 N–H and O–H groups in total. The summed E-state index contributed by atoms with van der Waals surface area (Å²) in [7, 11) is 0. The van der Waals surface area contributed by atoms with E-state index in [1.807, 2.05) is 48.5 Å². The molecule has 6 heteroatoms. The van der Waals surface area contributed by atoms with Crippen molar-refractivity contribution in [2.24, 2.45) is 0 Å². The number of hydrogen-bond donors (Lipinski definition) is 1. The van der Waals surface area contributed by atoms with Gasteiger partial charge in [0.2, 0.25) is 0 Å². The summed E-state index contributed by atoms with van der Waals surface area (Å²) in [5.41, 5.74) is 1.55. The fourth-order valence-electron chi connectivity index (χ4n) is 2.51. The van der Waals surface area contributed by atoms with Crippen LogP contribution < -0.4 is 0 Å². The van der Waals surface area contributed by atoms with E-state index in [0.29, 0.717) is 11.4 Å². The average Bonchev–Trinajstić information content (AvgIpc) is 2.99. The fraction of sp³-hybridized carbons (Fsp3) is 0.105. The molecule has 0 saturated carbocycles. The maximum atomic E-state index is 12.5. The molecule has 25 heavy (non-hydrogen) atoms. The molecular formula is C19H16N2O4. The lowest BCUT2D eigenvalue weighted by atomic mass is 10.2. The van der Waals surface area contributed by atoms with E-state index >= 15 is 0 Å². The number of nitrogens with zero attached hydrogens (tertiary/aromatic N) is 2. The molecule has 126 valence electrons. The summed E-state index contributed by atoms with van der Waals surface area (Å²) in [4.78, 5) is 24.0. The van der Waals surface area contributed by atoms with Gasteiger partial charge in [-0.1, -0.05) is 48.5 Å². The molecule has 0 radical (unpaired) electrons. The SMILES string of the molecule is Cc1c(C(=O)OCc2ccccc2)c(C(=O)O)nn1-c1ccccc1. The first-order chi connectivity index (χ1) is 12.1. The van der Waals surface area contributed by atoms with E-state index in [9.17, 15) is 14.7 Å². The quantitative estimate of drug-likeness (QED) is 0.723. The zero-order chi connectivity index (χ0) is 17.8. The first-order valence-corrected chi connectivity index (χ1v) is 7.67. The Balaban J connectivity index is 1.93. The number of esters is 1. The van der Waals surface area contributed by atoms with Crippen molar-refractivity contribution >= 4 is 11.9 Å². The maximum absolute atomic E-state index is 12.5. The Bertz CT molecular complexity index is 902. The van der Waals surface area contributed by atoms with E-state index in [1.54, 1.807) is 19.1 Å². The number of ether oxygens (including phenoxy) is 1. The number of carbonyl (C=O) groups excluding carboxylic acids is 1. The largest absolute Gasteiger partial charge is 0.476 e. The summed E-state index contributed by atoms with van der Waals surface area (Å²) in [6.45, 7) is 1.71. The van der Waals surface area contributed by atoms with Crippen molar-refractivity contribution in [1.82, 2.24) is 9.78 Å². The van der Waals surface area contributed by atoms with Gasteiger partial charge in [0.1, 0.15) is 12.2 Å². The maximum Gasteiger partial charge on any atom is 0.357 e. The number of carbonyl (C=O) groups is 2. The summed E-state index contributed by atoms with van der Waals surface area (Å²) in [6, 6.07) is 18.2. The van der Waals surface area contributed by atoms with Crippen LogP contribution in [0.1, 0.15) is 32.1 Å². The molecule has 0 fully saturated rings. The molecule has 1 heterocycles. The third-order valence-corrected chi connectivity index (χ3v) is 3.74. The molecule has 3 aromatic rings. The fourth-order valence-corrected chi connectivity index (χ4v) is 2.51. The lowest BCUT2D eigenvalue weighted by molar-refractivity contribution is 0.0462. The highest BCUT2D eigenvalue weighted by molar-refractivity contribution is 6.02. The second kappa shape index (κ2) is 7.00. The number of rotatable bonds is 5. The van der Waals surface area contributed by atoms with Crippen LogP contribution in [-0.4, -0.2) is 26.8 Å². The molecule has 0 bridgehead atoms. The predicted molar refractivity (Wildman–Crippen MR) is 90.8 cm³/mol. The molecule has 0 spiro atoms. The zero-order valence-corrected chi connectivity index (χ0v) is 13.5. The van der Waals surface area contributed by atoms with E-state index in [1.165, 1.54) is 4.68 Å². The van der Waals surface area contributed by atoms with Gasteiger partial charge in [-0.3, -0.25) is 0 Å². The molecule has 2 aromatic carbocycles. The second-order valence-corrected chi connectivity index (χ2v) is 5.42. The topological polar surface area (TPSA) is 81.4 Å². The highest BCUT2D eigenvalue weighted by Gasteiger charge is 2.27. The minimum Gasteiger partial charge on any atom is -0.476 e. The Morgan fingerprint density at radius 3 is 2.24 bits per heavy atom. The van der Waals surface area contributed by atoms with Gasteiger partial charge in [0.05, 0.1) is 11.4 Å². The summed E-state index contributed by atoms with van der Waals surface area (Å²) in [6.07, 6.45) is 0. The first-order valence-electron chi connectivity index (χ1n) is 7.67. The third kappa shape index (κ3) is 3.42. The molecule has 0 unspecified atom stereocenters. The van der Waals surface area contributed by atoms with Crippen LogP contribution in [0.15, 0.2) is 60.7 Å². The minimum absolute atomic E-state index is 0.0349. The molecule has 0 aliphatic carbocycles. The summed E-state index contributed by atoms with van der Waals surface area (Å²) in [5, 5.41) is 13.5. The number of para-hydroxylation sites is 1. The standard InChI is InChI=1S/C19H16N2O4/c1-13-16(19(24)25-12-14-8-4-2-5-9-14)17(18(22)23)20-21(13)15-10-6-3-7-11-15/h2-11H,12H2,1H3,(H,22,23). The van der Waals surface area contributed by atoms with Crippen LogP contribution in [0.25, 0.3) is 5.69 Å². The van der Waals surface area contributed by atoms with E-state index < -0.39 is 11.9 Å². The van der Waals surface area contributed by atoms with Crippen LogP contribution in [0.3, 0.4) is 0 Å². The van der Waals surface area contributed by atoms with Gasteiger partial charge < -0.3 is 9.84 Å². The first kappa shape index (κ1) is 16.4. The van der Waals surface area contributed by atoms with Crippen molar-refractivity contribution < 1.29 is 19.4 Å². The van der Waals surface area contributed by atoms with Gasteiger partial charge in [-0.15, -0.1) is 0 Å². The number of hydrogen-bond acceptors (Lipinski definition) is 4. The Hall–Kier alpha value is -3.41. The van der Waals surface area contributed by atoms with Crippen LogP contribution in [0.5, 0.6) is 0 Å². The Morgan fingerprint density at radius 1 is 1.04 bits per heavy atom.